The maximum atomic E-state index is 14.1. The molecule has 0 radical (unpaired) electrons. The molecule has 0 saturated heterocycles. The Morgan fingerprint density at radius 1 is 1.08 bits per heavy atom. The van der Waals surface area contributed by atoms with Crippen molar-refractivity contribution in [3.05, 3.63) is 87.3 Å². The van der Waals surface area contributed by atoms with Crippen LogP contribution in [0, 0.1) is 5.82 Å². The summed E-state index contributed by atoms with van der Waals surface area (Å²) < 4.78 is 20.6. The van der Waals surface area contributed by atoms with Crippen LogP contribution in [0.3, 0.4) is 0 Å². The smallest absolute Gasteiger partial charge is 0.419 e. The number of rotatable bonds is 5. The maximum Gasteiger partial charge on any atom is 0.419 e. The summed E-state index contributed by atoms with van der Waals surface area (Å²) >= 11 is 1.07. The Hall–Kier alpha value is -4.18. The lowest BCUT2D eigenvalue weighted by Gasteiger charge is -2.23. The lowest BCUT2D eigenvalue weighted by Crippen LogP contribution is -2.34. The third kappa shape index (κ3) is 4.30. The largest absolute Gasteiger partial charge is 0.443 e. The van der Waals surface area contributed by atoms with Crippen LogP contribution >= 0.6 is 11.3 Å². The van der Waals surface area contributed by atoms with Crippen molar-refractivity contribution >= 4 is 45.9 Å². The maximum absolute atomic E-state index is 14.1. The average Bonchev–Trinajstić information content (AvgIpc) is 3.55. The molecule has 8 nitrogen and oxygen atoms in total. The number of carbonyl (C=O) groups is 4. The minimum Gasteiger partial charge on any atom is -0.443 e. The predicted molar refractivity (Wildman–Crippen MR) is 139 cm³/mol. The van der Waals surface area contributed by atoms with Crippen LogP contribution in [0.15, 0.2) is 54.0 Å². The number of thiazole rings is 1. The van der Waals surface area contributed by atoms with Crippen LogP contribution in [-0.2, 0) is 4.74 Å². The van der Waals surface area contributed by atoms with E-state index in [1.165, 1.54) is 29.3 Å². The number of hydrogen-bond donors (Lipinski definition) is 0. The third-order valence-corrected chi connectivity index (χ3v) is 7.04. The zero-order chi connectivity index (χ0) is 27.4. The first-order valence-electron chi connectivity index (χ1n) is 12.0. The van der Waals surface area contributed by atoms with Crippen LogP contribution in [0.1, 0.15) is 81.9 Å². The summed E-state index contributed by atoms with van der Waals surface area (Å²) in [6.45, 7) is 6.95. The summed E-state index contributed by atoms with van der Waals surface area (Å²) in [7, 11) is 0. The highest BCUT2D eigenvalue weighted by Crippen LogP contribution is 2.34. The molecule has 1 atom stereocenters. The zero-order valence-corrected chi connectivity index (χ0v) is 22.0. The van der Waals surface area contributed by atoms with Crippen molar-refractivity contribution in [3.8, 4) is 0 Å². The number of halogens is 1. The summed E-state index contributed by atoms with van der Waals surface area (Å²) in [6, 6.07) is 9.78. The van der Waals surface area contributed by atoms with Gasteiger partial charge in [-0.25, -0.2) is 14.2 Å². The van der Waals surface area contributed by atoms with Crippen LogP contribution < -0.4 is 0 Å². The summed E-state index contributed by atoms with van der Waals surface area (Å²) in [5.41, 5.74) is 0.637. The number of imide groups is 1. The van der Waals surface area contributed by atoms with E-state index in [4.69, 9.17) is 4.74 Å². The fourth-order valence-electron chi connectivity index (χ4n) is 4.52. The topological polar surface area (TPSA) is 98.6 Å². The molecule has 0 aliphatic carbocycles. The van der Waals surface area contributed by atoms with E-state index in [2.05, 4.69) is 4.98 Å². The highest BCUT2D eigenvalue weighted by atomic mass is 32.1. The van der Waals surface area contributed by atoms with Crippen molar-refractivity contribution in [2.24, 2.45) is 0 Å². The lowest BCUT2D eigenvalue weighted by atomic mass is 10.1. The van der Waals surface area contributed by atoms with Gasteiger partial charge in [-0.1, -0.05) is 19.1 Å². The Bertz CT molecular complexity index is 1600. The fraction of sp³-hybridized carbons (Fsp3) is 0.250. The second-order valence-electron chi connectivity index (χ2n) is 9.91. The second-order valence-corrected chi connectivity index (χ2v) is 10.8. The van der Waals surface area contributed by atoms with Crippen LogP contribution in [0.2, 0.25) is 0 Å². The van der Waals surface area contributed by atoms with Crippen molar-refractivity contribution < 1.29 is 28.3 Å². The number of nitrogens with zero attached hydrogens (tertiary/aromatic N) is 3. The Balaban J connectivity index is 1.50. The van der Waals surface area contributed by atoms with Gasteiger partial charge >= 0.3 is 6.09 Å². The summed E-state index contributed by atoms with van der Waals surface area (Å²) in [6.07, 6.45) is 0.979. The predicted octanol–water partition coefficient (Wildman–Crippen LogP) is 6.00. The summed E-state index contributed by atoms with van der Waals surface area (Å²) in [5.74, 6) is -1.85. The van der Waals surface area contributed by atoms with Gasteiger partial charge in [-0.05, 0) is 57.5 Å². The third-order valence-electron chi connectivity index (χ3n) is 6.18. The molecule has 194 valence electrons. The number of amides is 2. The van der Waals surface area contributed by atoms with Gasteiger partial charge in [0, 0.05) is 17.0 Å². The van der Waals surface area contributed by atoms with Gasteiger partial charge in [-0.15, -0.1) is 11.3 Å². The SMILES string of the molecule is CCC(c1csc(C(=O)c2cn(C(=O)OC(C)(C)C)c3cc(F)ccc23)n1)N1C(=O)c2ccccc2C1=O. The molecule has 2 aromatic carbocycles. The molecule has 4 aromatic rings. The molecule has 1 unspecified atom stereocenters. The first-order valence-corrected chi connectivity index (χ1v) is 12.9. The first kappa shape index (κ1) is 25.5. The summed E-state index contributed by atoms with van der Waals surface area (Å²) in [4.78, 5) is 58.1. The molecule has 2 aromatic heterocycles. The Morgan fingerprint density at radius 3 is 2.34 bits per heavy atom. The molecule has 3 heterocycles. The van der Waals surface area contributed by atoms with E-state index < -0.39 is 41.2 Å². The normalized spacial score (nSPS) is 14.2. The van der Waals surface area contributed by atoms with Crippen molar-refractivity contribution in [3.63, 3.8) is 0 Å². The Kier molecular flexibility index (Phi) is 6.22. The molecule has 1 aliphatic rings. The molecule has 0 bridgehead atoms. The van der Waals surface area contributed by atoms with Gasteiger partial charge in [0.2, 0.25) is 5.78 Å². The van der Waals surface area contributed by atoms with Crippen molar-refractivity contribution in [1.82, 2.24) is 14.5 Å². The van der Waals surface area contributed by atoms with Crippen LogP contribution in [0.25, 0.3) is 10.9 Å². The van der Waals surface area contributed by atoms with Gasteiger partial charge in [0.05, 0.1) is 33.9 Å². The molecular weight excluding hydrogens is 509 g/mol. The van der Waals surface area contributed by atoms with Gasteiger partial charge in [0.25, 0.3) is 11.8 Å². The van der Waals surface area contributed by atoms with Gasteiger partial charge in [0.1, 0.15) is 11.4 Å². The first-order chi connectivity index (χ1) is 18.0. The van der Waals surface area contributed by atoms with Crippen molar-refractivity contribution in [1.29, 1.82) is 0 Å². The number of hydrogen-bond acceptors (Lipinski definition) is 7. The van der Waals surface area contributed by atoms with E-state index in [9.17, 15) is 23.6 Å². The van der Waals surface area contributed by atoms with E-state index in [1.54, 1.807) is 50.4 Å². The zero-order valence-electron chi connectivity index (χ0n) is 21.1. The van der Waals surface area contributed by atoms with Crippen molar-refractivity contribution in [2.75, 3.05) is 0 Å². The number of aromatic nitrogens is 2. The average molecular weight is 534 g/mol. The monoisotopic (exact) mass is 533 g/mol. The second kappa shape index (κ2) is 9.29. The van der Waals surface area contributed by atoms with Gasteiger partial charge in [-0.2, -0.15) is 0 Å². The van der Waals surface area contributed by atoms with Gasteiger partial charge in [0.15, 0.2) is 5.01 Å². The molecule has 38 heavy (non-hydrogen) atoms. The molecule has 0 saturated carbocycles. The highest BCUT2D eigenvalue weighted by Gasteiger charge is 2.40. The van der Waals surface area contributed by atoms with E-state index in [1.807, 2.05) is 6.92 Å². The van der Waals surface area contributed by atoms with Crippen LogP contribution in [0.5, 0.6) is 0 Å². The Morgan fingerprint density at radius 2 is 1.74 bits per heavy atom. The fourth-order valence-corrected chi connectivity index (χ4v) is 5.33. The van der Waals surface area contributed by atoms with Crippen molar-refractivity contribution in [2.45, 2.75) is 45.8 Å². The number of carbonyl (C=O) groups excluding carboxylic acids is 4. The van der Waals surface area contributed by atoms with E-state index >= 15 is 0 Å². The van der Waals surface area contributed by atoms with E-state index in [0.717, 1.165) is 15.9 Å². The highest BCUT2D eigenvalue weighted by molar-refractivity contribution is 7.12. The molecule has 0 N–H and O–H groups in total. The molecule has 2 amide bonds. The molecule has 0 spiro atoms. The molecule has 1 aliphatic heterocycles. The number of benzene rings is 2. The van der Waals surface area contributed by atoms with Gasteiger partial charge < -0.3 is 4.74 Å². The van der Waals surface area contributed by atoms with E-state index in [0.29, 0.717) is 28.6 Å². The standard InChI is InChI=1S/C28H24FN3O5S/c1-5-21(32-25(34)17-8-6-7-9-18(17)26(32)35)20-14-38-24(30-20)23(33)19-13-31(27(36)37-28(2,3)4)22-12-15(29)10-11-16(19)22/h6-14,21H,5H2,1-4H3. The summed E-state index contributed by atoms with van der Waals surface area (Å²) in [5, 5.41) is 2.13. The lowest BCUT2D eigenvalue weighted by molar-refractivity contribution is 0.0539. The molecule has 0 fully saturated rings. The van der Waals surface area contributed by atoms with Crippen LogP contribution in [0.4, 0.5) is 9.18 Å². The molecular formula is C28H24FN3O5S. The van der Waals surface area contributed by atoms with E-state index in [-0.39, 0.29) is 16.1 Å². The van der Waals surface area contributed by atoms with Crippen LogP contribution in [-0.4, -0.2) is 43.7 Å². The molecule has 10 heteroatoms. The Labute approximate surface area is 221 Å². The quantitative estimate of drug-likeness (QED) is 0.231. The number of ketones is 1. The number of ether oxygens (including phenoxy) is 1. The van der Waals surface area contributed by atoms with Gasteiger partial charge in [-0.3, -0.25) is 23.9 Å². The molecule has 5 rings (SSSR count). The minimum absolute atomic E-state index is 0.114. The minimum atomic E-state index is -0.797. The number of fused-ring (bicyclic) bond motifs is 2.